The average Bonchev–Trinajstić information content (AvgIpc) is 3.61. The highest BCUT2D eigenvalue weighted by molar-refractivity contribution is 6.01. The maximum absolute atomic E-state index is 17.1. The van der Waals surface area contributed by atoms with Crippen LogP contribution < -0.4 is 9.64 Å². The van der Waals surface area contributed by atoms with Crippen molar-refractivity contribution in [2.75, 3.05) is 37.7 Å². The number of hydrogen-bond acceptors (Lipinski definition) is 9. The summed E-state index contributed by atoms with van der Waals surface area (Å²) in [7, 11) is 0. The van der Waals surface area contributed by atoms with Crippen molar-refractivity contribution in [1.29, 1.82) is 0 Å². The third-order valence-corrected chi connectivity index (χ3v) is 13.5. The lowest BCUT2D eigenvalue weighted by atomic mass is 9.72. The van der Waals surface area contributed by atoms with Gasteiger partial charge in [-0.05, 0) is 125 Å². The first-order valence-electron chi connectivity index (χ1n) is 20.9. The minimum atomic E-state index is -0.936. The number of piperidine rings is 2. The topological polar surface area (TPSA) is 104 Å². The van der Waals surface area contributed by atoms with Gasteiger partial charge >= 0.3 is 6.01 Å². The van der Waals surface area contributed by atoms with Gasteiger partial charge in [-0.25, -0.2) is 8.78 Å². The van der Waals surface area contributed by atoms with Crippen molar-refractivity contribution in [1.82, 2.24) is 19.9 Å². The van der Waals surface area contributed by atoms with Gasteiger partial charge in [0, 0.05) is 42.3 Å². The lowest BCUT2D eigenvalue weighted by Crippen LogP contribution is -2.58. The van der Waals surface area contributed by atoms with Gasteiger partial charge in [0.1, 0.15) is 28.6 Å². The van der Waals surface area contributed by atoms with E-state index in [2.05, 4.69) is 9.88 Å². The minimum absolute atomic E-state index is 0.0288. The number of halogens is 2. The molecule has 3 unspecified atom stereocenters. The van der Waals surface area contributed by atoms with Crippen LogP contribution in [0.25, 0.3) is 32.9 Å². The predicted molar refractivity (Wildman–Crippen MR) is 212 cm³/mol. The van der Waals surface area contributed by atoms with Gasteiger partial charge < -0.3 is 24.6 Å². The third-order valence-electron chi connectivity index (χ3n) is 13.5. The van der Waals surface area contributed by atoms with Gasteiger partial charge in [0.2, 0.25) is 0 Å². The second-order valence-electron chi connectivity index (χ2n) is 16.9. The number of aromatic hydroxyl groups is 1. The molecule has 2 aromatic carbocycles. The number of hydrogen-bond donors (Lipinski definition) is 2. The van der Waals surface area contributed by atoms with Crippen LogP contribution in [0.4, 0.5) is 14.6 Å². The number of aromatic nitrogens is 3. The van der Waals surface area contributed by atoms with E-state index in [1.807, 2.05) is 32.6 Å². The van der Waals surface area contributed by atoms with E-state index in [1.165, 1.54) is 31.4 Å². The van der Waals surface area contributed by atoms with Crippen LogP contribution in [0.2, 0.25) is 0 Å². The van der Waals surface area contributed by atoms with Gasteiger partial charge in [-0.2, -0.15) is 9.97 Å². The number of ether oxygens (including phenoxy) is 2. The number of phenols is 1. The van der Waals surface area contributed by atoms with Crippen molar-refractivity contribution in [2.45, 2.75) is 134 Å². The summed E-state index contributed by atoms with van der Waals surface area (Å²) in [6.07, 6.45) is 14.8. The van der Waals surface area contributed by atoms with Crippen LogP contribution in [0.15, 0.2) is 30.5 Å². The van der Waals surface area contributed by atoms with E-state index in [0.717, 1.165) is 64.5 Å². The normalized spacial score (nSPS) is 29.5. The summed E-state index contributed by atoms with van der Waals surface area (Å²) < 4.78 is 44.9. The maximum atomic E-state index is 17.1. The molecule has 3 saturated heterocycles. The Morgan fingerprint density at radius 3 is 2.45 bits per heavy atom. The smallest absolute Gasteiger partial charge is 0.319 e. The van der Waals surface area contributed by atoms with Crippen LogP contribution in [-0.4, -0.2) is 86.2 Å². The van der Waals surface area contributed by atoms with Gasteiger partial charge in [-0.15, -0.1) is 0 Å². The van der Waals surface area contributed by atoms with Crippen LogP contribution >= 0.6 is 0 Å². The maximum Gasteiger partial charge on any atom is 0.319 e. The first kappa shape index (κ1) is 38.2. The quantitative estimate of drug-likeness (QED) is 0.191. The van der Waals surface area contributed by atoms with Crippen molar-refractivity contribution < 1.29 is 28.5 Å². The molecular weight excluding hydrogens is 701 g/mol. The Labute approximate surface area is 323 Å². The number of aryl methyl sites for hydroxylation is 1. The summed E-state index contributed by atoms with van der Waals surface area (Å²) in [5.41, 5.74) is -0.0807. The predicted octanol–water partition coefficient (Wildman–Crippen LogP) is 8.88. The molecular formula is C44H57F2N5O4. The fourth-order valence-corrected chi connectivity index (χ4v) is 10.8. The molecule has 3 atom stereocenters. The molecule has 9 rings (SSSR count). The number of anilines is 1. The Bertz CT molecular complexity index is 2050. The lowest BCUT2D eigenvalue weighted by molar-refractivity contribution is -0.175. The molecule has 2 aromatic heterocycles. The van der Waals surface area contributed by atoms with Crippen molar-refractivity contribution in [3.05, 3.63) is 47.7 Å². The largest absolute Gasteiger partial charge is 0.508 e. The molecule has 0 amide bonds. The Morgan fingerprint density at radius 1 is 0.964 bits per heavy atom. The number of benzene rings is 2. The van der Waals surface area contributed by atoms with Crippen LogP contribution in [0.5, 0.6) is 11.8 Å². The molecule has 5 fully saturated rings. The Balaban J connectivity index is 0.00000210. The summed E-state index contributed by atoms with van der Waals surface area (Å²) >= 11 is 0. The first-order valence-corrected chi connectivity index (χ1v) is 20.9. The molecule has 2 saturated carbocycles. The number of likely N-dealkylation sites (tertiary alicyclic amines) is 1. The highest BCUT2D eigenvalue weighted by atomic mass is 19.1. The van der Waals surface area contributed by atoms with E-state index in [9.17, 15) is 10.2 Å². The molecule has 2 aliphatic carbocycles. The van der Waals surface area contributed by atoms with Crippen LogP contribution in [0, 0.1) is 17.0 Å². The van der Waals surface area contributed by atoms with Crippen LogP contribution in [0.3, 0.4) is 0 Å². The summed E-state index contributed by atoms with van der Waals surface area (Å²) in [5, 5.41) is 23.3. The van der Waals surface area contributed by atoms with Crippen molar-refractivity contribution in [3.8, 4) is 23.0 Å². The molecule has 0 radical (unpaired) electrons. The lowest BCUT2D eigenvalue weighted by Gasteiger charge is -2.53. The number of fused-ring (bicyclic) bond motifs is 3. The highest BCUT2D eigenvalue weighted by Gasteiger charge is 2.52. The molecule has 5 heterocycles. The Morgan fingerprint density at radius 2 is 1.73 bits per heavy atom. The van der Waals surface area contributed by atoms with E-state index in [1.54, 1.807) is 18.3 Å². The fourth-order valence-electron chi connectivity index (χ4n) is 10.8. The molecule has 296 valence electrons. The highest BCUT2D eigenvalue weighted by Crippen LogP contribution is 2.51. The molecule has 5 aliphatic rings. The Kier molecular flexibility index (Phi) is 10.4. The van der Waals surface area contributed by atoms with Crippen LogP contribution in [-0.2, 0) is 11.2 Å². The van der Waals surface area contributed by atoms with Gasteiger partial charge in [-0.1, -0.05) is 33.3 Å². The van der Waals surface area contributed by atoms with Crippen molar-refractivity contribution in [3.63, 3.8) is 0 Å². The second-order valence-corrected chi connectivity index (χ2v) is 16.9. The fraction of sp³-hybridized carbons (Fsp3) is 0.614. The summed E-state index contributed by atoms with van der Waals surface area (Å²) in [6, 6.07) is 7.07. The molecule has 55 heavy (non-hydrogen) atoms. The minimum Gasteiger partial charge on any atom is -0.508 e. The first-order chi connectivity index (χ1) is 26.6. The molecule has 2 N–H and O–H groups in total. The summed E-state index contributed by atoms with van der Waals surface area (Å²) in [5.74, 6) is -0.675. The van der Waals surface area contributed by atoms with Crippen molar-refractivity contribution >= 4 is 27.5 Å². The number of β-amino-alcohol motifs (C(OH)–C–C–N with tert-alkyl or cyclic N) is 1. The number of rotatable bonds is 7. The Hall–Kier alpha value is -3.67. The molecule has 11 heteroatoms. The van der Waals surface area contributed by atoms with Gasteiger partial charge in [-0.3, -0.25) is 9.88 Å². The molecule has 4 aromatic rings. The number of nitrogens with zero attached hydrogens (tertiary/aromatic N) is 5. The summed E-state index contributed by atoms with van der Waals surface area (Å²) in [6.45, 7) is 11.1. The zero-order chi connectivity index (χ0) is 38.5. The van der Waals surface area contributed by atoms with Crippen molar-refractivity contribution in [2.24, 2.45) is 5.41 Å². The van der Waals surface area contributed by atoms with E-state index in [0.29, 0.717) is 77.7 Å². The molecule has 0 bridgehead atoms. The van der Waals surface area contributed by atoms with E-state index in [4.69, 9.17) is 19.4 Å². The second kappa shape index (κ2) is 15.0. The molecule has 3 aliphatic heterocycles. The van der Waals surface area contributed by atoms with E-state index < -0.39 is 17.2 Å². The SMILES string of the molecule is CC.CCc1c(F)ccc2cc(O)cc(-c3ncc4c(N5CCCC(C)(O)C5)nc(OCC56CCCC5N(C5CCC7(CCO7)CC5)CCC6)nc4c3F)c12. The van der Waals surface area contributed by atoms with Gasteiger partial charge in [0.25, 0.3) is 0 Å². The van der Waals surface area contributed by atoms with E-state index >= 15 is 8.78 Å². The zero-order valence-electron chi connectivity index (χ0n) is 33.0. The standard InChI is InChI=1S/C42H51F2N5O4.C2H6/c1-3-29-32(43)9-8-26-21-28(50)22-30(34(26)29)36-35(44)37-31(23-45-36)38(48-18-5-12-40(2,51)24-48)47-39(46-37)52-25-41-13-4-7-33(41)49(19-6-14-41)27-10-15-42(16-11-27)17-20-53-42;1-2/h8-9,21-23,27,33,50-51H,3-7,10-20,24-25H2,1-2H3;1-2H3. The monoisotopic (exact) mass is 757 g/mol. The number of pyridine rings is 1. The number of phenolic OH excluding ortho intramolecular Hbond substituents is 1. The van der Waals surface area contributed by atoms with Gasteiger partial charge in [0.15, 0.2) is 5.82 Å². The molecule has 1 spiro atoms. The summed E-state index contributed by atoms with van der Waals surface area (Å²) in [4.78, 5) is 19.0. The number of aliphatic hydroxyl groups is 1. The van der Waals surface area contributed by atoms with E-state index in [-0.39, 0.29) is 34.0 Å². The molecule has 9 nitrogen and oxygen atoms in total. The third kappa shape index (κ3) is 6.92. The average molecular weight is 758 g/mol. The van der Waals surface area contributed by atoms with Crippen LogP contribution in [0.1, 0.15) is 110 Å². The zero-order valence-corrected chi connectivity index (χ0v) is 33.0. The van der Waals surface area contributed by atoms with Gasteiger partial charge in [0.05, 0.1) is 29.8 Å².